The number of carbonyl (C=O) groups excluding carboxylic acids is 1. The van der Waals surface area contributed by atoms with E-state index in [1.807, 2.05) is 39.0 Å². The summed E-state index contributed by atoms with van der Waals surface area (Å²) in [6, 6.07) is 9.93. The lowest BCUT2D eigenvalue weighted by molar-refractivity contribution is -0.124. The van der Waals surface area contributed by atoms with Gasteiger partial charge in [0.1, 0.15) is 0 Å². The van der Waals surface area contributed by atoms with Gasteiger partial charge < -0.3 is 11.1 Å². The summed E-state index contributed by atoms with van der Waals surface area (Å²) in [6.07, 6.45) is 3.53. The first-order valence-corrected chi connectivity index (χ1v) is 7.06. The third-order valence-corrected chi connectivity index (χ3v) is 3.28. The largest absolute Gasteiger partial charge is 0.350 e. The third kappa shape index (κ3) is 5.88. The average Bonchev–Trinajstić information content (AvgIpc) is 2.37. The van der Waals surface area contributed by atoms with Crippen LogP contribution in [-0.2, 0) is 11.2 Å². The molecule has 1 aromatic rings. The fraction of sp³-hybridized carbons (Fsp3) is 0.562. The Kier molecular flexibility index (Phi) is 6.03. The maximum atomic E-state index is 11.9. The summed E-state index contributed by atoms with van der Waals surface area (Å²) in [7, 11) is 0. The van der Waals surface area contributed by atoms with Crippen molar-refractivity contribution in [2.45, 2.75) is 58.0 Å². The minimum Gasteiger partial charge on any atom is -0.350 e. The number of rotatable bonds is 7. The van der Waals surface area contributed by atoms with Crippen LogP contribution < -0.4 is 11.1 Å². The van der Waals surface area contributed by atoms with Crippen LogP contribution in [0.2, 0.25) is 0 Å². The van der Waals surface area contributed by atoms with Crippen LogP contribution in [0.1, 0.15) is 45.6 Å². The van der Waals surface area contributed by atoms with Gasteiger partial charge in [-0.2, -0.15) is 0 Å². The quantitative estimate of drug-likeness (QED) is 0.793. The van der Waals surface area contributed by atoms with E-state index >= 15 is 0 Å². The molecule has 106 valence electrons. The van der Waals surface area contributed by atoms with Crippen LogP contribution >= 0.6 is 0 Å². The highest BCUT2D eigenvalue weighted by Gasteiger charge is 2.23. The smallest absolute Gasteiger partial charge is 0.237 e. The van der Waals surface area contributed by atoms with Crippen molar-refractivity contribution < 1.29 is 4.79 Å². The monoisotopic (exact) mass is 262 g/mol. The lowest BCUT2D eigenvalue weighted by Crippen LogP contribution is -2.50. The number of hydrogen-bond acceptors (Lipinski definition) is 2. The van der Waals surface area contributed by atoms with Gasteiger partial charge in [0.25, 0.3) is 0 Å². The number of nitrogens with one attached hydrogen (secondary N) is 1. The van der Waals surface area contributed by atoms with E-state index in [1.54, 1.807) is 0 Å². The first-order chi connectivity index (χ1) is 8.94. The highest BCUT2D eigenvalue weighted by atomic mass is 16.2. The molecule has 0 spiro atoms. The Morgan fingerprint density at radius 3 is 2.53 bits per heavy atom. The van der Waals surface area contributed by atoms with Crippen molar-refractivity contribution in [2.24, 2.45) is 5.73 Å². The fourth-order valence-corrected chi connectivity index (χ4v) is 2.03. The van der Waals surface area contributed by atoms with Gasteiger partial charge in [0.2, 0.25) is 5.91 Å². The van der Waals surface area contributed by atoms with Crippen LogP contribution in [0.4, 0.5) is 0 Å². The molecule has 1 amide bonds. The Labute approximate surface area is 116 Å². The molecule has 0 heterocycles. The van der Waals surface area contributed by atoms with Gasteiger partial charge in [0.05, 0.1) is 6.04 Å². The van der Waals surface area contributed by atoms with E-state index in [0.29, 0.717) is 0 Å². The van der Waals surface area contributed by atoms with E-state index in [0.717, 1.165) is 25.7 Å². The average molecular weight is 262 g/mol. The Bertz CT molecular complexity index is 387. The van der Waals surface area contributed by atoms with E-state index in [2.05, 4.69) is 17.4 Å². The van der Waals surface area contributed by atoms with Crippen LogP contribution in [0, 0.1) is 0 Å². The van der Waals surface area contributed by atoms with E-state index in [1.165, 1.54) is 5.56 Å². The molecule has 1 aromatic carbocycles. The predicted octanol–water partition coefficient (Wildman–Crippen LogP) is 2.64. The van der Waals surface area contributed by atoms with Crippen molar-refractivity contribution in [3.8, 4) is 0 Å². The lowest BCUT2D eigenvalue weighted by Gasteiger charge is -2.28. The molecule has 0 aromatic heterocycles. The molecule has 0 aliphatic carbocycles. The number of aryl methyl sites for hydroxylation is 1. The molecule has 3 heteroatoms. The van der Waals surface area contributed by atoms with Crippen LogP contribution in [-0.4, -0.2) is 17.5 Å². The summed E-state index contributed by atoms with van der Waals surface area (Å²) in [4.78, 5) is 11.9. The van der Waals surface area contributed by atoms with Crippen molar-refractivity contribution in [3.63, 3.8) is 0 Å². The number of benzene rings is 1. The molecule has 19 heavy (non-hydrogen) atoms. The number of carbonyl (C=O) groups is 1. The SMILES string of the molecule is CCC[C@H](N)C(=O)NC(C)(C)CCc1ccccc1. The summed E-state index contributed by atoms with van der Waals surface area (Å²) < 4.78 is 0. The molecule has 0 saturated carbocycles. The van der Waals surface area contributed by atoms with Crippen LogP contribution in [0.3, 0.4) is 0 Å². The Balaban J connectivity index is 2.45. The van der Waals surface area contributed by atoms with Gasteiger partial charge >= 0.3 is 0 Å². The van der Waals surface area contributed by atoms with Crippen molar-refractivity contribution in [1.82, 2.24) is 5.32 Å². The second kappa shape index (κ2) is 7.29. The first-order valence-electron chi connectivity index (χ1n) is 7.06. The first kappa shape index (κ1) is 15.7. The zero-order valence-electron chi connectivity index (χ0n) is 12.3. The zero-order valence-corrected chi connectivity index (χ0v) is 12.3. The van der Waals surface area contributed by atoms with Crippen LogP contribution in [0.15, 0.2) is 30.3 Å². The summed E-state index contributed by atoms with van der Waals surface area (Å²) >= 11 is 0. The van der Waals surface area contributed by atoms with Gasteiger partial charge in [-0.25, -0.2) is 0 Å². The van der Waals surface area contributed by atoms with Gasteiger partial charge in [-0.15, -0.1) is 0 Å². The molecule has 0 fully saturated rings. The molecule has 1 rings (SSSR count). The van der Waals surface area contributed by atoms with E-state index in [-0.39, 0.29) is 17.5 Å². The van der Waals surface area contributed by atoms with E-state index < -0.39 is 0 Å². The number of hydrogen-bond donors (Lipinski definition) is 2. The zero-order chi connectivity index (χ0) is 14.3. The Morgan fingerprint density at radius 2 is 1.95 bits per heavy atom. The number of amides is 1. The molecule has 0 aliphatic rings. The molecular weight excluding hydrogens is 236 g/mol. The summed E-state index contributed by atoms with van der Waals surface area (Å²) in [5.41, 5.74) is 6.90. The molecule has 0 radical (unpaired) electrons. The van der Waals surface area contributed by atoms with Crippen molar-refractivity contribution in [2.75, 3.05) is 0 Å². The topological polar surface area (TPSA) is 55.1 Å². The maximum absolute atomic E-state index is 11.9. The highest BCUT2D eigenvalue weighted by molar-refractivity contribution is 5.82. The summed E-state index contributed by atoms with van der Waals surface area (Å²) in [5.74, 6) is -0.0417. The molecule has 3 nitrogen and oxygen atoms in total. The minimum atomic E-state index is -0.388. The number of nitrogens with two attached hydrogens (primary N) is 1. The van der Waals surface area contributed by atoms with Crippen molar-refractivity contribution in [3.05, 3.63) is 35.9 Å². The summed E-state index contributed by atoms with van der Waals surface area (Å²) in [5, 5.41) is 3.05. The van der Waals surface area contributed by atoms with Crippen molar-refractivity contribution >= 4 is 5.91 Å². The standard InChI is InChI=1S/C16H26N2O/c1-4-8-14(17)15(19)18-16(2,3)12-11-13-9-6-5-7-10-13/h5-7,9-10,14H,4,8,11-12,17H2,1-3H3,(H,18,19)/t14-/m0/s1. The van der Waals surface area contributed by atoms with Gasteiger partial charge in [-0.3, -0.25) is 4.79 Å². The van der Waals surface area contributed by atoms with Gasteiger partial charge in [-0.1, -0.05) is 43.7 Å². The molecule has 3 N–H and O–H groups in total. The summed E-state index contributed by atoms with van der Waals surface area (Å²) in [6.45, 7) is 6.13. The van der Waals surface area contributed by atoms with Gasteiger partial charge in [0, 0.05) is 5.54 Å². The Morgan fingerprint density at radius 1 is 1.32 bits per heavy atom. The lowest BCUT2D eigenvalue weighted by atomic mass is 9.94. The van der Waals surface area contributed by atoms with Crippen LogP contribution in [0.25, 0.3) is 0 Å². The molecule has 0 aliphatic heterocycles. The van der Waals surface area contributed by atoms with Gasteiger partial charge in [-0.05, 0) is 38.7 Å². The van der Waals surface area contributed by atoms with E-state index in [4.69, 9.17) is 5.73 Å². The minimum absolute atomic E-state index is 0.0417. The maximum Gasteiger partial charge on any atom is 0.237 e. The normalized spacial score (nSPS) is 13.1. The highest BCUT2D eigenvalue weighted by Crippen LogP contribution is 2.14. The fourth-order valence-electron chi connectivity index (χ4n) is 2.03. The van der Waals surface area contributed by atoms with Crippen molar-refractivity contribution in [1.29, 1.82) is 0 Å². The molecule has 0 bridgehead atoms. The predicted molar refractivity (Wildman–Crippen MR) is 79.9 cm³/mol. The third-order valence-electron chi connectivity index (χ3n) is 3.28. The van der Waals surface area contributed by atoms with Crippen LogP contribution in [0.5, 0.6) is 0 Å². The second-order valence-corrected chi connectivity index (χ2v) is 5.75. The van der Waals surface area contributed by atoms with Gasteiger partial charge in [0.15, 0.2) is 0 Å². The molecule has 1 atom stereocenters. The molecule has 0 saturated heterocycles. The van der Waals surface area contributed by atoms with E-state index in [9.17, 15) is 4.79 Å². The second-order valence-electron chi connectivity index (χ2n) is 5.75. The molecular formula is C16H26N2O. The Hall–Kier alpha value is -1.35. The molecule has 0 unspecified atom stereocenters.